The summed E-state index contributed by atoms with van der Waals surface area (Å²) in [5.74, 6) is -0.607. The summed E-state index contributed by atoms with van der Waals surface area (Å²) in [7, 11) is 1.13. The van der Waals surface area contributed by atoms with Gasteiger partial charge < -0.3 is 12.9 Å². The molecule has 0 unspecified atom stereocenters. The van der Waals surface area contributed by atoms with E-state index in [9.17, 15) is 21.4 Å². The van der Waals surface area contributed by atoms with Crippen LogP contribution in [0.25, 0.3) is 0 Å². The van der Waals surface area contributed by atoms with E-state index in [1.807, 2.05) is 0 Å². The maximum Gasteiger partial charge on any atom is 1.00 e. The van der Waals surface area contributed by atoms with Crippen LogP contribution < -0.4 is 56.8 Å². The predicted molar refractivity (Wildman–Crippen MR) is 66.3 cm³/mol. The first kappa shape index (κ1) is 18.7. The monoisotopic (exact) mass is 422 g/mol. The van der Waals surface area contributed by atoms with Gasteiger partial charge in [-0.1, -0.05) is 12.1 Å². The third-order valence-corrected chi connectivity index (χ3v) is 3.33. The van der Waals surface area contributed by atoms with Gasteiger partial charge in [-0.2, -0.15) is 0 Å². The molecule has 0 aliphatic carbocycles. The van der Waals surface area contributed by atoms with Gasteiger partial charge in [-0.05, 0) is 34.2 Å². The van der Waals surface area contributed by atoms with Gasteiger partial charge in [-0.3, -0.25) is 0 Å². The molecule has 0 spiro atoms. The Morgan fingerprint density at radius 1 is 1.24 bits per heavy atom. The summed E-state index contributed by atoms with van der Waals surface area (Å²) >= 11 is 1.69. The first-order chi connectivity index (χ1) is 7.08. The number of hydrogen-bond acceptors (Lipinski definition) is 2. The van der Waals surface area contributed by atoms with E-state index < -0.39 is 27.2 Å². The Morgan fingerprint density at radius 2 is 1.76 bits per heavy atom. The third-order valence-electron chi connectivity index (χ3n) is 1.70. The van der Waals surface area contributed by atoms with E-state index in [-0.39, 0.29) is 56.9 Å². The largest absolute Gasteiger partial charge is 1.00 e. The molecule has 0 aliphatic rings. The second kappa shape index (κ2) is 6.91. The van der Waals surface area contributed by atoms with Crippen LogP contribution in [0.15, 0.2) is 18.2 Å². The van der Waals surface area contributed by atoms with Crippen molar-refractivity contribution in [1.82, 2.24) is 0 Å². The molecular formula is C7H5BClF3IKO2S. The zero-order valence-electron chi connectivity index (χ0n) is 8.63. The zero-order chi connectivity index (χ0) is 12.6. The second-order valence-electron chi connectivity index (χ2n) is 3.15. The van der Waals surface area contributed by atoms with Gasteiger partial charge in [-0.15, -0.1) is 5.46 Å². The molecule has 0 aromatic heterocycles. The SMILES string of the molecule is O=S(=O)(Cl)Cc1cc(I)cc([B-](F)(F)F)c1.[K+]. The van der Waals surface area contributed by atoms with Crippen molar-refractivity contribution < 1.29 is 72.7 Å². The van der Waals surface area contributed by atoms with Crippen LogP contribution in [0.2, 0.25) is 0 Å². The van der Waals surface area contributed by atoms with Gasteiger partial charge in [0.05, 0.1) is 5.75 Å². The number of benzene rings is 1. The minimum Gasteiger partial charge on any atom is -0.445 e. The number of halogens is 5. The molecule has 10 heteroatoms. The standard InChI is InChI=1S/C7H5BClF3IO2S.K/c9-16(14,15)4-5-1-6(8(10,11)12)3-7(13)2-5;/h1-3H,4H2;/q-1;+1. The molecule has 0 bridgehead atoms. The summed E-state index contributed by atoms with van der Waals surface area (Å²) in [6.45, 7) is -5.13. The quantitative estimate of drug-likeness (QED) is 0.371. The first-order valence-electron chi connectivity index (χ1n) is 3.99. The van der Waals surface area contributed by atoms with Gasteiger partial charge in [-0.25, -0.2) is 8.42 Å². The summed E-state index contributed by atoms with van der Waals surface area (Å²) in [6.07, 6.45) is 0. The van der Waals surface area contributed by atoms with E-state index in [1.54, 1.807) is 22.6 Å². The molecule has 0 aliphatic heterocycles. The Labute approximate surface area is 158 Å². The fraction of sp³-hybridized carbons (Fsp3) is 0.143. The van der Waals surface area contributed by atoms with Crippen LogP contribution in [0.4, 0.5) is 12.9 Å². The van der Waals surface area contributed by atoms with E-state index in [4.69, 9.17) is 10.7 Å². The Hall–Kier alpha value is 1.68. The molecule has 0 saturated heterocycles. The van der Waals surface area contributed by atoms with Crippen LogP contribution in [0.1, 0.15) is 5.56 Å². The summed E-state index contributed by atoms with van der Waals surface area (Å²) in [4.78, 5) is 0. The van der Waals surface area contributed by atoms with Crippen LogP contribution in [0, 0.1) is 3.57 Å². The van der Waals surface area contributed by atoms with Gasteiger partial charge >= 0.3 is 58.4 Å². The maximum absolute atomic E-state index is 12.5. The summed E-state index contributed by atoms with van der Waals surface area (Å²) < 4.78 is 59.2. The summed E-state index contributed by atoms with van der Waals surface area (Å²) in [6, 6.07) is 3.12. The van der Waals surface area contributed by atoms with Crippen LogP contribution in [-0.4, -0.2) is 15.4 Å². The minimum absolute atomic E-state index is 0. The van der Waals surface area contributed by atoms with Crippen LogP contribution in [0.3, 0.4) is 0 Å². The Morgan fingerprint density at radius 3 is 2.18 bits per heavy atom. The predicted octanol–water partition coefficient (Wildman–Crippen LogP) is -0.582. The van der Waals surface area contributed by atoms with Crippen molar-refractivity contribution in [2.75, 3.05) is 0 Å². The molecule has 1 rings (SSSR count). The molecule has 0 atom stereocenters. The zero-order valence-corrected chi connectivity index (χ0v) is 15.5. The van der Waals surface area contributed by atoms with Gasteiger partial charge in [0.1, 0.15) is 0 Å². The molecule has 0 radical (unpaired) electrons. The average Bonchev–Trinajstić information content (AvgIpc) is 1.97. The van der Waals surface area contributed by atoms with Gasteiger partial charge in [0.25, 0.3) is 0 Å². The Bertz CT molecular complexity index is 508. The minimum atomic E-state index is -5.13. The van der Waals surface area contributed by atoms with Crippen molar-refractivity contribution in [2.45, 2.75) is 5.75 Å². The Balaban J connectivity index is 0.00000256. The summed E-state index contributed by atoms with van der Waals surface area (Å²) in [5.41, 5.74) is -0.779. The summed E-state index contributed by atoms with van der Waals surface area (Å²) in [5, 5.41) is 0. The van der Waals surface area contributed by atoms with E-state index >= 15 is 0 Å². The second-order valence-corrected chi connectivity index (χ2v) is 7.17. The normalized spacial score (nSPS) is 12.1. The van der Waals surface area contributed by atoms with Crippen LogP contribution in [-0.2, 0) is 14.8 Å². The van der Waals surface area contributed by atoms with Crippen molar-refractivity contribution >= 4 is 54.8 Å². The topological polar surface area (TPSA) is 34.1 Å². The first-order valence-corrected chi connectivity index (χ1v) is 7.55. The van der Waals surface area contributed by atoms with Crippen molar-refractivity contribution in [3.63, 3.8) is 0 Å². The van der Waals surface area contributed by atoms with Crippen LogP contribution >= 0.6 is 33.3 Å². The van der Waals surface area contributed by atoms with Crippen molar-refractivity contribution in [3.8, 4) is 0 Å². The van der Waals surface area contributed by atoms with E-state index in [1.165, 1.54) is 6.07 Å². The molecule has 1 aromatic rings. The fourth-order valence-electron chi connectivity index (χ4n) is 1.15. The van der Waals surface area contributed by atoms with Gasteiger partial charge in [0, 0.05) is 14.3 Å². The molecule has 90 valence electrons. The smallest absolute Gasteiger partial charge is 0.445 e. The van der Waals surface area contributed by atoms with E-state index in [0.29, 0.717) is 3.57 Å². The van der Waals surface area contributed by atoms with Gasteiger partial charge in [0.2, 0.25) is 9.05 Å². The van der Waals surface area contributed by atoms with Crippen molar-refractivity contribution in [3.05, 3.63) is 27.3 Å². The fourth-order valence-corrected chi connectivity index (χ4v) is 2.85. The number of rotatable bonds is 3. The molecule has 1 aromatic carbocycles. The van der Waals surface area contributed by atoms with Crippen LogP contribution in [0.5, 0.6) is 0 Å². The van der Waals surface area contributed by atoms with E-state index in [0.717, 1.165) is 12.1 Å². The third kappa shape index (κ3) is 7.14. The molecule has 0 fully saturated rings. The van der Waals surface area contributed by atoms with E-state index in [2.05, 4.69) is 0 Å². The van der Waals surface area contributed by atoms with Crippen molar-refractivity contribution in [2.24, 2.45) is 0 Å². The molecular weight excluding hydrogens is 417 g/mol. The molecule has 0 heterocycles. The molecule has 0 saturated carbocycles. The molecule has 0 N–H and O–H groups in total. The average molecular weight is 422 g/mol. The molecule has 17 heavy (non-hydrogen) atoms. The van der Waals surface area contributed by atoms with Gasteiger partial charge in [0.15, 0.2) is 0 Å². The Kier molecular flexibility index (Phi) is 7.59. The molecule has 2 nitrogen and oxygen atoms in total. The maximum atomic E-state index is 12.5. The van der Waals surface area contributed by atoms with Crippen molar-refractivity contribution in [1.29, 1.82) is 0 Å². The number of hydrogen-bond donors (Lipinski definition) is 0. The molecule has 0 amide bonds.